The predicted octanol–water partition coefficient (Wildman–Crippen LogP) is 3.66. The van der Waals surface area contributed by atoms with Gasteiger partial charge in [0.1, 0.15) is 0 Å². The molecule has 0 saturated carbocycles. The lowest BCUT2D eigenvalue weighted by molar-refractivity contribution is 0.238. The highest BCUT2D eigenvalue weighted by molar-refractivity contribution is 5.40. The van der Waals surface area contributed by atoms with E-state index in [-0.39, 0.29) is 0 Å². The fourth-order valence-electron chi connectivity index (χ4n) is 2.08. The van der Waals surface area contributed by atoms with Crippen molar-refractivity contribution < 1.29 is 0 Å². The third kappa shape index (κ3) is 4.53. The number of nitrogens with zero attached hydrogens (tertiary/aromatic N) is 1. The van der Waals surface area contributed by atoms with E-state index in [0.29, 0.717) is 12.0 Å². The van der Waals surface area contributed by atoms with Crippen molar-refractivity contribution in [1.29, 1.82) is 0 Å². The fraction of sp³-hybridized carbons (Fsp3) is 0.500. The molecule has 2 N–H and O–H groups in total. The second-order valence-electron chi connectivity index (χ2n) is 5.23. The van der Waals surface area contributed by atoms with Crippen molar-refractivity contribution in [2.45, 2.75) is 39.2 Å². The smallest absolute Gasteiger partial charge is 0.0314 e. The molecule has 1 unspecified atom stereocenters. The molecule has 0 saturated heterocycles. The Hall–Kier alpha value is -1.28. The maximum absolute atomic E-state index is 5.71. The van der Waals surface area contributed by atoms with E-state index in [9.17, 15) is 0 Å². The van der Waals surface area contributed by atoms with E-state index in [1.54, 1.807) is 0 Å². The van der Waals surface area contributed by atoms with Crippen molar-refractivity contribution in [2.75, 3.05) is 18.8 Å². The lowest BCUT2D eigenvalue weighted by Gasteiger charge is -2.26. The third-order valence-electron chi connectivity index (χ3n) is 3.45. The van der Waals surface area contributed by atoms with Crippen molar-refractivity contribution >= 4 is 5.69 Å². The lowest BCUT2D eigenvalue weighted by Crippen LogP contribution is -2.32. The molecule has 0 heterocycles. The van der Waals surface area contributed by atoms with E-state index >= 15 is 0 Å². The topological polar surface area (TPSA) is 29.3 Å². The molecule has 0 aliphatic rings. The average Bonchev–Trinajstić information content (AvgIpc) is 2.34. The average molecular weight is 246 g/mol. The van der Waals surface area contributed by atoms with Gasteiger partial charge in [0, 0.05) is 18.3 Å². The van der Waals surface area contributed by atoms with Crippen LogP contribution in [0.5, 0.6) is 0 Å². The first-order valence-corrected chi connectivity index (χ1v) is 6.75. The molecule has 1 aromatic carbocycles. The minimum atomic E-state index is 0.566. The Morgan fingerprint density at radius 1 is 1.22 bits per heavy atom. The molecular weight excluding hydrogens is 220 g/mol. The van der Waals surface area contributed by atoms with Gasteiger partial charge in [-0.05, 0) is 50.4 Å². The Morgan fingerprint density at radius 3 is 2.33 bits per heavy atom. The van der Waals surface area contributed by atoms with Gasteiger partial charge in [0.05, 0.1) is 0 Å². The Bertz CT molecular complexity index is 354. The van der Waals surface area contributed by atoms with Gasteiger partial charge in [-0.2, -0.15) is 0 Å². The van der Waals surface area contributed by atoms with Crippen LogP contribution in [0.15, 0.2) is 36.9 Å². The highest BCUT2D eigenvalue weighted by Crippen LogP contribution is 2.20. The molecular formula is C16H26N2. The van der Waals surface area contributed by atoms with E-state index in [2.05, 4.69) is 44.4 Å². The van der Waals surface area contributed by atoms with Gasteiger partial charge in [-0.15, -0.1) is 6.58 Å². The minimum Gasteiger partial charge on any atom is -0.399 e. The summed E-state index contributed by atoms with van der Waals surface area (Å²) in [4.78, 5) is 2.45. The van der Waals surface area contributed by atoms with Crippen LogP contribution < -0.4 is 5.73 Å². The van der Waals surface area contributed by atoms with Gasteiger partial charge >= 0.3 is 0 Å². The summed E-state index contributed by atoms with van der Waals surface area (Å²) in [6.45, 7) is 12.6. The van der Waals surface area contributed by atoms with Crippen molar-refractivity contribution in [2.24, 2.45) is 0 Å². The Kier molecular flexibility index (Phi) is 5.93. The van der Waals surface area contributed by atoms with Gasteiger partial charge in [-0.25, -0.2) is 0 Å². The number of benzene rings is 1. The monoisotopic (exact) mass is 246 g/mol. The van der Waals surface area contributed by atoms with E-state index < -0.39 is 0 Å². The summed E-state index contributed by atoms with van der Waals surface area (Å²) in [6, 6.07) is 8.80. The summed E-state index contributed by atoms with van der Waals surface area (Å²) in [5.74, 6) is 0.566. The van der Waals surface area contributed by atoms with Gasteiger partial charge in [0.15, 0.2) is 0 Å². The molecule has 18 heavy (non-hydrogen) atoms. The zero-order chi connectivity index (χ0) is 13.5. The van der Waals surface area contributed by atoms with E-state index in [0.717, 1.165) is 25.2 Å². The van der Waals surface area contributed by atoms with Crippen molar-refractivity contribution in [3.8, 4) is 0 Å². The molecule has 0 aliphatic heterocycles. The maximum atomic E-state index is 5.71. The van der Waals surface area contributed by atoms with Gasteiger partial charge in [-0.3, -0.25) is 4.90 Å². The normalized spacial score (nSPS) is 12.9. The van der Waals surface area contributed by atoms with Crippen LogP contribution in [0, 0.1) is 0 Å². The predicted molar refractivity (Wildman–Crippen MR) is 80.8 cm³/mol. The molecule has 0 amide bonds. The molecule has 0 spiro atoms. The zero-order valence-electron chi connectivity index (χ0n) is 11.9. The highest BCUT2D eigenvalue weighted by Gasteiger charge is 2.11. The van der Waals surface area contributed by atoms with Crippen LogP contribution in [-0.2, 0) is 0 Å². The number of nitrogens with two attached hydrogens (primary N) is 1. The molecule has 0 bridgehead atoms. The molecule has 2 heteroatoms. The van der Waals surface area contributed by atoms with Gasteiger partial charge in [0.2, 0.25) is 0 Å². The van der Waals surface area contributed by atoms with Crippen molar-refractivity contribution in [3.63, 3.8) is 0 Å². The SMILES string of the molecule is C=CCN(CCC(C)c1ccc(N)cc1)C(C)C. The summed E-state index contributed by atoms with van der Waals surface area (Å²) >= 11 is 0. The summed E-state index contributed by atoms with van der Waals surface area (Å²) < 4.78 is 0. The fourth-order valence-corrected chi connectivity index (χ4v) is 2.08. The quantitative estimate of drug-likeness (QED) is 0.587. The third-order valence-corrected chi connectivity index (χ3v) is 3.45. The van der Waals surface area contributed by atoms with Crippen LogP contribution in [0.4, 0.5) is 5.69 Å². The van der Waals surface area contributed by atoms with Crippen LogP contribution in [0.3, 0.4) is 0 Å². The highest BCUT2D eigenvalue weighted by atomic mass is 15.1. The number of nitrogen functional groups attached to an aromatic ring is 1. The molecule has 100 valence electrons. The summed E-state index contributed by atoms with van der Waals surface area (Å²) in [7, 11) is 0. The first kappa shape index (κ1) is 14.8. The minimum absolute atomic E-state index is 0.566. The summed E-state index contributed by atoms with van der Waals surface area (Å²) in [6.07, 6.45) is 3.14. The van der Waals surface area contributed by atoms with Crippen LogP contribution in [0.1, 0.15) is 38.7 Å². The Labute approximate surface area is 111 Å². The molecule has 0 aliphatic carbocycles. The van der Waals surface area contributed by atoms with Crippen LogP contribution in [0.25, 0.3) is 0 Å². The Balaban J connectivity index is 2.51. The number of rotatable bonds is 7. The molecule has 0 fully saturated rings. The largest absolute Gasteiger partial charge is 0.399 e. The molecule has 0 aromatic heterocycles. The van der Waals surface area contributed by atoms with Crippen LogP contribution in [0.2, 0.25) is 0 Å². The van der Waals surface area contributed by atoms with Crippen molar-refractivity contribution in [3.05, 3.63) is 42.5 Å². The number of hydrogen-bond acceptors (Lipinski definition) is 2. The molecule has 1 atom stereocenters. The second-order valence-corrected chi connectivity index (χ2v) is 5.23. The van der Waals surface area contributed by atoms with Gasteiger partial charge in [-0.1, -0.05) is 25.1 Å². The standard InChI is InChI=1S/C16H26N2/c1-5-11-18(13(2)3)12-10-14(4)15-6-8-16(17)9-7-15/h5-9,13-14H,1,10-12,17H2,2-4H3. The van der Waals surface area contributed by atoms with Gasteiger partial charge < -0.3 is 5.73 Å². The lowest BCUT2D eigenvalue weighted by atomic mass is 9.97. The first-order chi connectivity index (χ1) is 8.54. The summed E-state index contributed by atoms with van der Waals surface area (Å²) in [5.41, 5.74) is 7.91. The second kappa shape index (κ2) is 7.22. The van der Waals surface area contributed by atoms with Crippen molar-refractivity contribution in [1.82, 2.24) is 4.90 Å². The zero-order valence-corrected chi connectivity index (χ0v) is 11.9. The van der Waals surface area contributed by atoms with E-state index in [4.69, 9.17) is 5.73 Å². The van der Waals surface area contributed by atoms with E-state index in [1.807, 2.05) is 18.2 Å². The molecule has 2 nitrogen and oxygen atoms in total. The number of hydrogen-bond donors (Lipinski definition) is 1. The maximum Gasteiger partial charge on any atom is 0.0314 e. The molecule has 0 radical (unpaired) electrons. The Morgan fingerprint density at radius 2 is 1.83 bits per heavy atom. The first-order valence-electron chi connectivity index (χ1n) is 6.75. The van der Waals surface area contributed by atoms with Crippen LogP contribution >= 0.6 is 0 Å². The number of anilines is 1. The summed E-state index contributed by atoms with van der Waals surface area (Å²) in [5, 5.41) is 0. The van der Waals surface area contributed by atoms with Crippen LogP contribution in [-0.4, -0.2) is 24.0 Å². The van der Waals surface area contributed by atoms with E-state index in [1.165, 1.54) is 5.56 Å². The molecule has 1 rings (SSSR count). The van der Waals surface area contributed by atoms with Gasteiger partial charge in [0.25, 0.3) is 0 Å². The molecule has 1 aromatic rings.